The minimum absolute atomic E-state index is 0.376. The Morgan fingerprint density at radius 1 is 1.67 bits per heavy atom. The van der Waals surface area contributed by atoms with E-state index in [1.165, 1.54) is 0 Å². The minimum Gasteiger partial charge on any atom is -0.515 e. The summed E-state index contributed by atoms with van der Waals surface area (Å²) in [6.07, 6.45) is 2.27. The van der Waals surface area contributed by atoms with Crippen molar-refractivity contribution in [2.24, 2.45) is 0 Å². The number of ether oxygens (including phenoxy) is 1. The molecule has 1 aliphatic heterocycles. The Morgan fingerprint density at radius 2 is 2.44 bits per heavy atom. The van der Waals surface area contributed by atoms with Crippen LogP contribution >= 0.6 is 0 Å². The molecule has 1 aliphatic rings. The van der Waals surface area contributed by atoms with Crippen molar-refractivity contribution in [3.8, 4) is 0 Å². The van der Waals surface area contributed by atoms with E-state index in [9.17, 15) is 4.79 Å². The van der Waals surface area contributed by atoms with Gasteiger partial charge in [0, 0.05) is 0 Å². The second-order valence-electron chi connectivity index (χ2n) is 1.89. The zero-order valence-corrected chi connectivity index (χ0v) is 4.96. The van der Waals surface area contributed by atoms with E-state index in [1.807, 2.05) is 0 Å². The van der Waals surface area contributed by atoms with E-state index in [4.69, 9.17) is 5.11 Å². The summed E-state index contributed by atoms with van der Waals surface area (Å²) in [5.41, 5.74) is 0.376. The van der Waals surface area contributed by atoms with E-state index in [0.717, 1.165) is 12.7 Å². The maximum Gasteiger partial charge on any atom is 0.337 e. The molecule has 0 aliphatic carbocycles. The lowest BCUT2D eigenvalue weighted by molar-refractivity contribution is -0.141. The molecule has 0 aromatic rings. The van der Waals surface area contributed by atoms with Crippen LogP contribution in [-0.2, 0) is 9.53 Å². The lowest BCUT2D eigenvalue weighted by Gasteiger charge is -2.11. The first kappa shape index (κ1) is 6.13. The standard InChI is InChI=1S/C6H8O3/c7-4-5-2-1-3-9-6(5)8/h4,7H,1-3H2. The van der Waals surface area contributed by atoms with Gasteiger partial charge in [0.1, 0.15) is 0 Å². The third-order valence-electron chi connectivity index (χ3n) is 1.24. The van der Waals surface area contributed by atoms with Crippen molar-refractivity contribution in [3.63, 3.8) is 0 Å². The number of rotatable bonds is 0. The summed E-state index contributed by atoms with van der Waals surface area (Å²) >= 11 is 0. The number of aliphatic hydroxyl groups is 1. The first-order valence-electron chi connectivity index (χ1n) is 2.85. The molecule has 0 aromatic carbocycles. The number of carbonyl (C=O) groups is 1. The summed E-state index contributed by atoms with van der Waals surface area (Å²) in [5.74, 6) is -0.385. The van der Waals surface area contributed by atoms with Crippen LogP contribution in [0.3, 0.4) is 0 Å². The molecule has 0 amide bonds. The Hall–Kier alpha value is -0.990. The number of cyclic esters (lactones) is 1. The fourth-order valence-electron chi connectivity index (χ4n) is 0.739. The van der Waals surface area contributed by atoms with Gasteiger partial charge in [-0.1, -0.05) is 0 Å². The third-order valence-corrected chi connectivity index (χ3v) is 1.24. The summed E-state index contributed by atoms with van der Waals surface area (Å²) in [4.78, 5) is 10.6. The highest BCUT2D eigenvalue weighted by molar-refractivity contribution is 5.88. The van der Waals surface area contributed by atoms with Gasteiger partial charge in [-0.05, 0) is 12.8 Å². The van der Waals surface area contributed by atoms with Crippen molar-refractivity contribution in [1.82, 2.24) is 0 Å². The molecule has 1 heterocycles. The van der Waals surface area contributed by atoms with Crippen LogP contribution in [0.5, 0.6) is 0 Å². The normalized spacial score (nSPS) is 24.0. The highest BCUT2D eigenvalue weighted by Crippen LogP contribution is 2.12. The van der Waals surface area contributed by atoms with Gasteiger partial charge in [-0.2, -0.15) is 0 Å². The van der Waals surface area contributed by atoms with Gasteiger partial charge >= 0.3 is 5.97 Å². The molecule has 50 valence electrons. The van der Waals surface area contributed by atoms with Crippen LogP contribution in [0.4, 0.5) is 0 Å². The van der Waals surface area contributed by atoms with Crippen molar-refractivity contribution >= 4 is 5.97 Å². The number of carbonyl (C=O) groups excluding carboxylic acids is 1. The van der Waals surface area contributed by atoms with E-state index in [2.05, 4.69) is 4.74 Å². The van der Waals surface area contributed by atoms with Crippen LogP contribution in [0.1, 0.15) is 12.8 Å². The maximum atomic E-state index is 10.6. The van der Waals surface area contributed by atoms with Crippen LogP contribution < -0.4 is 0 Å². The molecule has 3 nitrogen and oxygen atoms in total. The van der Waals surface area contributed by atoms with E-state index < -0.39 is 0 Å². The van der Waals surface area contributed by atoms with Crippen LogP contribution in [0, 0.1) is 0 Å². The monoisotopic (exact) mass is 128 g/mol. The second-order valence-corrected chi connectivity index (χ2v) is 1.89. The molecule has 3 heteroatoms. The zero-order valence-electron chi connectivity index (χ0n) is 4.96. The summed E-state index contributed by atoms with van der Waals surface area (Å²) in [6.45, 7) is 0.482. The molecule has 1 saturated heterocycles. The molecule has 0 bridgehead atoms. The second kappa shape index (κ2) is 2.53. The molecule has 0 atom stereocenters. The molecule has 0 unspecified atom stereocenters. The van der Waals surface area contributed by atoms with Gasteiger partial charge in [-0.15, -0.1) is 0 Å². The topological polar surface area (TPSA) is 46.5 Å². The van der Waals surface area contributed by atoms with Crippen molar-refractivity contribution in [2.75, 3.05) is 6.61 Å². The van der Waals surface area contributed by atoms with Crippen LogP contribution in [0.15, 0.2) is 11.8 Å². The smallest absolute Gasteiger partial charge is 0.337 e. The van der Waals surface area contributed by atoms with Crippen LogP contribution in [-0.4, -0.2) is 17.7 Å². The van der Waals surface area contributed by atoms with Gasteiger partial charge in [0.2, 0.25) is 0 Å². The van der Waals surface area contributed by atoms with E-state index >= 15 is 0 Å². The molecular weight excluding hydrogens is 120 g/mol. The molecule has 1 N–H and O–H groups in total. The van der Waals surface area contributed by atoms with Gasteiger partial charge in [0.05, 0.1) is 18.4 Å². The predicted octanol–water partition coefficient (Wildman–Crippen LogP) is 0.765. The Balaban J connectivity index is 2.60. The Kier molecular flexibility index (Phi) is 1.72. The number of hydrogen-bond acceptors (Lipinski definition) is 3. The average Bonchev–Trinajstić information content (AvgIpc) is 1.89. The Morgan fingerprint density at radius 3 is 2.89 bits per heavy atom. The molecule has 0 spiro atoms. The SMILES string of the molecule is O=C1OCCCC1=CO. The summed E-state index contributed by atoms with van der Waals surface area (Å²) in [6, 6.07) is 0. The Labute approximate surface area is 52.9 Å². The number of aliphatic hydroxyl groups excluding tert-OH is 1. The summed E-state index contributed by atoms with van der Waals surface area (Å²) in [5, 5.41) is 8.40. The zero-order chi connectivity index (χ0) is 6.69. The fourth-order valence-corrected chi connectivity index (χ4v) is 0.739. The van der Waals surface area contributed by atoms with Gasteiger partial charge < -0.3 is 9.84 Å². The fraction of sp³-hybridized carbons (Fsp3) is 0.500. The van der Waals surface area contributed by atoms with Gasteiger partial charge in [0.25, 0.3) is 0 Å². The van der Waals surface area contributed by atoms with Crippen molar-refractivity contribution < 1.29 is 14.6 Å². The first-order chi connectivity index (χ1) is 4.34. The molecular formula is C6H8O3. The highest BCUT2D eigenvalue weighted by atomic mass is 16.5. The number of hydrogen-bond donors (Lipinski definition) is 1. The first-order valence-corrected chi connectivity index (χ1v) is 2.85. The molecule has 0 aromatic heterocycles. The quantitative estimate of drug-likeness (QED) is 0.297. The largest absolute Gasteiger partial charge is 0.515 e. The van der Waals surface area contributed by atoms with Gasteiger partial charge in [0.15, 0.2) is 0 Å². The van der Waals surface area contributed by atoms with Gasteiger partial charge in [-0.25, -0.2) is 4.79 Å². The lowest BCUT2D eigenvalue weighted by Crippen LogP contribution is -2.15. The van der Waals surface area contributed by atoms with Crippen molar-refractivity contribution in [1.29, 1.82) is 0 Å². The molecule has 9 heavy (non-hydrogen) atoms. The van der Waals surface area contributed by atoms with E-state index in [1.54, 1.807) is 0 Å². The minimum atomic E-state index is -0.385. The van der Waals surface area contributed by atoms with E-state index in [-0.39, 0.29) is 5.97 Å². The summed E-state index contributed by atoms with van der Waals surface area (Å²) < 4.78 is 4.61. The average molecular weight is 128 g/mol. The van der Waals surface area contributed by atoms with Gasteiger partial charge in [-0.3, -0.25) is 0 Å². The molecule has 1 rings (SSSR count). The predicted molar refractivity (Wildman–Crippen MR) is 30.9 cm³/mol. The van der Waals surface area contributed by atoms with E-state index in [0.29, 0.717) is 18.6 Å². The number of esters is 1. The van der Waals surface area contributed by atoms with Crippen LogP contribution in [0.25, 0.3) is 0 Å². The van der Waals surface area contributed by atoms with Crippen molar-refractivity contribution in [2.45, 2.75) is 12.8 Å². The van der Waals surface area contributed by atoms with Crippen molar-refractivity contribution in [3.05, 3.63) is 11.8 Å². The molecule has 0 radical (unpaired) electrons. The molecule has 1 fully saturated rings. The Bertz CT molecular complexity index is 148. The molecule has 0 saturated carbocycles. The lowest BCUT2D eigenvalue weighted by atomic mass is 10.1. The maximum absolute atomic E-state index is 10.6. The third kappa shape index (κ3) is 1.22. The van der Waals surface area contributed by atoms with Crippen LogP contribution in [0.2, 0.25) is 0 Å². The summed E-state index contributed by atoms with van der Waals surface area (Å²) in [7, 11) is 0. The highest BCUT2D eigenvalue weighted by Gasteiger charge is 2.15.